The summed E-state index contributed by atoms with van der Waals surface area (Å²) in [5.41, 5.74) is 0. The molecule has 0 atom stereocenters. The van der Waals surface area contributed by atoms with E-state index in [9.17, 15) is 8.42 Å². The topological polar surface area (TPSA) is 58.2 Å². The Hall–Kier alpha value is 0.160. The molecule has 0 aromatic heterocycles. The Labute approximate surface area is 111 Å². The van der Waals surface area contributed by atoms with Crippen LogP contribution in [-0.4, -0.2) is 33.3 Å². The third-order valence-corrected chi connectivity index (χ3v) is 4.90. The third-order valence-electron chi connectivity index (χ3n) is 3.30. The zero-order valence-corrected chi connectivity index (χ0v) is 12.4. The van der Waals surface area contributed by atoms with E-state index in [1.54, 1.807) is 0 Å². The lowest BCUT2D eigenvalue weighted by atomic mass is 10.1. The van der Waals surface area contributed by atoms with Crippen molar-refractivity contribution in [2.45, 2.75) is 45.6 Å². The van der Waals surface area contributed by atoms with Gasteiger partial charge in [-0.05, 0) is 31.8 Å². The highest BCUT2D eigenvalue weighted by molar-refractivity contribution is 7.89. The van der Waals surface area contributed by atoms with Crippen LogP contribution in [0.15, 0.2) is 0 Å². The number of sulfonamides is 1. The lowest BCUT2D eigenvalue weighted by molar-refractivity contribution is 0.423. The normalized spacial score (nSPS) is 18.1. The van der Waals surface area contributed by atoms with Crippen LogP contribution in [0.1, 0.15) is 39.5 Å². The van der Waals surface area contributed by atoms with E-state index >= 15 is 0 Å². The fourth-order valence-electron chi connectivity index (χ4n) is 2.08. The second-order valence-electron chi connectivity index (χ2n) is 4.61. The quantitative estimate of drug-likeness (QED) is 0.777. The van der Waals surface area contributed by atoms with Crippen LogP contribution in [0.3, 0.4) is 0 Å². The fraction of sp³-hybridized carbons (Fsp3) is 1.00. The minimum Gasteiger partial charge on any atom is -0.317 e. The highest BCUT2D eigenvalue weighted by Crippen LogP contribution is 2.12. The number of hydrogen-bond donors (Lipinski definition) is 2. The summed E-state index contributed by atoms with van der Waals surface area (Å²) in [5, 5.41) is 3.23. The molecule has 1 heterocycles. The van der Waals surface area contributed by atoms with Gasteiger partial charge in [-0.25, -0.2) is 13.1 Å². The molecule has 0 aromatic carbocycles. The Morgan fingerprint density at radius 1 is 1.24 bits per heavy atom. The maximum absolute atomic E-state index is 11.9. The Bertz CT molecular complexity index is 286. The molecule has 0 unspecified atom stereocenters. The fourth-order valence-corrected chi connectivity index (χ4v) is 4.01. The van der Waals surface area contributed by atoms with Crippen molar-refractivity contribution in [3.63, 3.8) is 0 Å². The SMILES string of the molecule is CCC(CC)CS(=O)(=O)NC1CCNCC1.Cl. The molecule has 1 fully saturated rings. The zero-order chi connectivity index (χ0) is 12.0. The molecule has 1 saturated heterocycles. The van der Waals surface area contributed by atoms with Crippen molar-refractivity contribution in [1.82, 2.24) is 10.0 Å². The van der Waals surface area contributed by atoms with E-state index in [0.717, 1.165) is 38.8 Å². The molecule has 104 valence electrons. The number of rotatable bonds is 6. The van der Waals surface area contributed by atoms with E-state index in [1.807, 2.05) is 13.8 Å². The predicted molar refractivity (Wildman–Crippen MR) is 74.1 cm³/mol. The number of nitrogens with one attached hydrogen (secondary N) is 2. The summed E-state index contributed by atoms with van der Waals surface area (Å²) >= 11 is 0. The summed E-state index contributed by atoms with van der Waals surface area (Å²) in [6.07, 6.45) is 3.68. The molecule has 0 aliphatic carbocycles. The standard InChI is InChI=1S/C11H24N2O2S.ClH/c1-3-10(4-2)9-16(14,15)13-11-5-7-12-8-6-11;/h10-13H,3-9H2,1-2H3;1H. The lowest BCUT2D eigenvalue weighted by Crippen LogP contribution is -2.44. The molecule has 2 N–H and O–H groups in total. The minimum atomic E-state index is -3.08. The van der Waals surface area contributed by atoms with Gasteiger partial charge in [0.25, 0.3) is 0 Å². The number of hydrogen-bond acceptors (Lipinski definition) is 3. The zero-order valence-electron chi connectivity index (χ0n) is 10.7. The van der Waals surface area contributed by atoms with Crippen LogP contribution >= 0.6 is 12.4 Å². The van der Waals surface area contributed by atoms with Crippen LogP contribution in [0, 0.1) is 5.92 Å². The van der Waals surface area contributed by atoms with Crippen LogP contribution in [0.2, 0.25) is 0 Å². The molecule has 0 spiro atoms. The van der Waals surface area contributed by atoms with Crippen molar-refractivity contribution in [2.75, 3.05) is 18.8 Å². The molecule has 0 amide bonds. The van der Waals surface area contributed by atoms with E-state index < -0.39 is 10.0 Å². The van der Waals surface area contributed by atoms with Crippen molar-refractivity contribution in [3.05, 3.63) is 0 Å². The van der Waals surface area contributed by atoms with Crippen LogP contribution in [-0.2, 0) is 10.0 Å². The van der Waals surface area contributed by atoms with E-state index in [2.05, 4.69) is 10.0 Å². The van der Waals surface area contributed by atoms with E-state index in [-0.39, 0.29) is 24.2 Å². The molecule has 4 nitrogen and oxygen atoms in total. The van der Waals surface area contributed by atoms with E-state index in [4.69, 9.17) is 0 Å². The first kappa shape index (κ1) is 17.2. The smallest absolute Gasteiger partial charge is 0.212 e. The van der Waals surface area contributed by atoms with Crippen LogP contribution in [0.25, 0.3) is 0 Å². The molecule has 0 saturated carbocycles. The second-order valence-corrected chi connectivity index (χ2v) is 6.40. The molecule has 1 aliphatic heterocycles. The molecular formula is C11H25ClN2O2S. The Kier molecular flexibility index (Phi) is 8.37. The van der Waals surface area contributed by atoms with E-state index in [0.29, 0.717) is 5.92 Å². The monoisotopic (exact) mass is 284 g/mol. The van der Waals surface area contributed by atoms with Gasteiger partial charge in [-0.15, -0.1) is 12.4 Å². The van der Waals surface area contributed by atoms with Crippen molar-refractivity contribution < 1.29 is 8.42 Å². The van der Waals surface area contributed by atoms with Gasteiger partial charge in [-0.3, -0.25) is 0 Å². The molecule has 0 aromatic rings. The Morgan fingerprint density at radius 3 is 2.24 bits per heavy atom. The van der Waals surface area contributed by atoms with Gasteiger partial charge in [0, 0.05) is 6.04 Å². The van der Waals surface area contributed by atoms with Crippen molar-refractivity contribution in [3.8, 4) is 0 Å². The van der Waals surface area contributed by atoms with Gasteiger partial charge in [-0.2, -0.15) is 0 Å². The second kappa shape index (κ2) is 8.29. The molecule has 6 heteroatoms. The van der Waals surface area contributed by atoms with Gasteiger partial charge < -0.3 is 5.32 Å². The summed E-state index contributed by atoms with van der Waals surface area (Å²) < 4.78 is 26.6. The van der Waals surface area contributed by atoms with Gasteiger partial charge in [0.05, 0.1) is 5.75 Å². The number of piperidine rings is 1. The molecule has 1 rings (SSSR count). The molecule has 0 radical (unpaired) electrons. The summed E-state index contributed by atoms with van der Waals surface area (Å²) in [7, 11) is -3.08. The van der Waals surface area contributed by atoms with Crippen molar-refractivity contribution in [2.24, 2.45) is 5.92 Å². The van der Waals surface area contributed by atoms with Crippen molar-refractivity contribution >= 4 is 22.4 Å². The lowest BCUT2D eigenvalue weighted by Gasteiger charge is -2.24. The third kappa shape index (κ3) is 6.60. The molecule has 0 bridgehead atoms. The van der Waals surface area contributed by atoms with Crippen LogP contribution in [0.5, 0.6) is 0 Å². The summed E-state index contributed by atoms with van der Waals surface area (Å²) in [6.45, 7) is 5.93. The first-order valence-corrected chi connectivity index (χ1v) is 7.93. The maximum Gasteiger partial charge on any atom is 0.212 e. The van der Waals surface area contributed by atoms with Crippen LogP contribution < -0.4 is 10.0 Å². The van der Waals surface area contributed by atoms with Crippen LogP contribution in [0.4, 0.5) is 0 Å². The maximum atomic E-state index is 11.9. The van der Waals surface area contributed by atoms with Gasteiger partial charge >= 0.3 is 0 Å². The highest BCUT2D eigenvalue weighted by Gasteiger charge is 2.22. The van der Waals surface area contributed by atoms with Gasteiger partial charge in [0.2, 0.25) is 10.0 Å². The predicted octanol–water partition coefficient (Wildman–Crippen LogP) is 1.52. The van der Waals surface area contributed by atoms with Gasteiger partial charge in [0.15, 0.2) is 0 Å². The first-order valence-electron chi connectivity index (χ1n) is 6.28. The molecule has 1 aliphatic rings. The average molecular weight is 285 g/mol. The number of halogens is 1. The minimum absolute atomic E-state index is 0. The molecular weight excluding hydrogens is 260 g/mol. The van der Waals surface area contributed by atoms with Crippen molar-refractivity contribution in [1.29, 1.82) is 0 Å². The first-order chi connectivity index (χ1) is 7.57. The molecule has 17 heavy (non-hydrogen) atoms. The van der Waals surface area contributed by atoms with Gasteiger partial charge in [-0.1, -0.05) is 26.7 Å². The van der Waals surface area contributed by atoms with Gasteiger partial charge in [0.1, 0.15) is 0 Å². The van der Waals surface area contributed by atoms with E-state index in [1.165, 1.54) is 0 Å². The summed E-state index contributed by atoms with van der Waals surface area (Å²) in [6, 6.07) is 0.139. The average Bonchev–Trinajstić information content (AvgIpc) is 2.26. The summed E-state index contributed by atoms with van der Waals surface area (Å²) in [4.78, 5) is 0. The highest BCUT2D eigenvalue weighted by atomic mass is 35.5. The Balaban J connectivity index is 0.00000256. The largest absolute Gasteiger partial charge is 0.317 e. The summed E-state index contributed by atoms with van der Waals surface area (Å²) in [5.74, 6) is 0.573. The Morgan fingerprint density at radius 2 is 1.76 bits per heavy atom.